The number of anilines is 1. The van der Waals surface area contributed by atoms with Crippen molar-refractivity contribution in [2.75, 3.05) is 12.8 Å². The monoisotopic (exact) mass is 252 g/mol. The average molecular weight is 252 g/mol. The van der Waals surface area contributed by atoms with Gasteiger partial charge in [-0.15, -0.1) is 0 Å². The molecule has 5 nitrogen and oxygen atoms in total. The van der Waals surface area contributed by atoms with Gasteiger partial charge >= 0.3 is 0 Å². The smallest absolute Gasteiger partial charge is 0.274 e. The molecule has 0 fully saturated rings. The first-order valence-electron chi connectivity index (χ1n) is 6.13. The topological polar surface area (TPSA) is 64.2 Å². The maximum atomic E-state index is 12.5. The molecule has 1 aromatic rings. The van der Waals surface area contributed by atoms with Crippen molar-refractivity contribution in [1.29, 1.82) is 0 Å². The molecule has 0 aliphatic carbocycles. The van der Waals surface area contributed by atoms with E-state index in [1.807, 2.05) is 6.92 Å². The fourth-order valence-corrected chi connectivity index (χ4v) is 1.85. The lowest BCUT2D eigenvalue weighted by Gasteiger charge is -2.35. The predicted molar refractivity (Wildman–Crippen MR) is 73.4 cm³/mol. The van der Waals surface area contributed by atoms with Crippen molar-refractivity contribution in [3.63, 3.8) is 0 Å². The summed E-state index contributed by atoms with van der Waals surface area (Å²) < 4.78 is 1.55. The van der Waals surface area contributed by atoms with Crippen LogP contribution >= 0.6 is 0 Å². The zero-order chi connectivity index (χ0) is 14.2. The molecule has 1 unspecified atom stereocenters. The number of nitrogen functional groups attached to an aromatic ring is 1. The Morgan fingerprint density at radius 3 is 2.28 bits per heavy atom. The van der Waals surface area contributed by atoms with E-state index in [-0.39, 0.29) is 17.4 Å². The Morgan fingerprint density at radius 2 is 1.94 bits per heavy atom. The largest absolute Gasteiger partial charge is 0.395 e. The maximum absolute atomic E-state index is 12.5. The molecule has 0 aromatic carbocycles. The Balaban J connectivity index is 3.08. The number of nitrogens with zero attached hydrogens (tertiary/aromatic N) is 3. The normalized spacial score (nSPS) is 13.5. The summed E-state index contributed by atoms with van der Waals surface area (Å²) in [5.41, 5.74) is 7.57. The van der Waals surface area contributed by atoms with E-state index in [9.17, 15) is 4.79 Å². The van der Waals surface area contributed by atoms with Gasteiger partial charge in [-0.3, -0.25) is 9.48 Å². The summed E-state index contributed by atoms with van der Waals surface area (Å²) in [5.74, 6) is -0.0852. The second-order valence-corrected chi connectivity index (χ2v) is 5.93. The summed E-state index contributed by atoms with van der Waals surface area (Å²) in [7, 11) is 3.55. The van der Waals surface area contributed by atoms with Gasteiger partial charge in [0.15, 0.2) is 0 Å². The van der Waals surface area contributed by atoms with Crippen LogP contribution in [0.15, 0.2) is 0 Å². The number of carbonyl (C=O) groups is 1. The van der Waals surface area contributed by atoms with E-state index in [0.29, 0.717) is 17.1 Å². The highest BCUT2D eigenvalue weighted by Gasteiger charge is 2.30. The molecule has 102 valence electrons. The summed E-state index contributed by atoms with van der Waals surface area (Å²) in [6.07, 6.45) is 0. The number of amides is 1. The molecule has 0 radical (unpaired) electrons. The Bertz CT molecular complexity index is 456. The molecule has 0 saturated heterocycles. The van der Waals surface area contributed by atoms with Crippen LogP contribution in [-0.2, 0) is 7.05 Å². The van der Waals surface area contributed by atoms with Crippen LogP contribution in [0.25, 0.3) is 0 Å². The zero-order valence-electron chi connectivity index (χ0n) is 12.4. The highest BCUT2D eigenvalue weighted by Crippen LogP contribution is 2.25. The minimum atomic E-state index is -0.0852. The standard InChI is InChI=1S/C13H24N4O/c1-8-10(14)11(17(7)15-8)12(18)16(6)9(2)13(3,4)5/h9H,14H2,1-7H3. The number of hydrogen-bond acceptors (Lipinski definition) is 3. The molecular formula is C13H24N4O. The van der Waals surface area contributed by atoms with Gasteiger partial charge in [0, 0.05) is 20.1 Å². The molecule has 1 rings (SSSR count). The van der Waals surface area contributed by atoms with Crippen molar-refractivity contribution < 1.29 is 4.79 Å². The molecule has 0 aliphatic heterocycles. The van der Waals surface area contributed by atoms with Crippen molar-refractivity contribution in [2.45, 2.75) is 40.7 Å². The van der Waals surface area contributed by atoms with Crippen LogP contribution in [0.4, 0.5) is 5.69 Å². The summed E-state index contributed by atoms with van der Waals surface area (Å²) >= 11 is 0. The SMILES string of the molecule is Cc1nn(C)c(C(=O)N(C)C(C)C(C)(C)C)c1N. The van der Waals surface area contributed by atoms with Gasteiger partial charge in [-0.25, -0.2) is 0 Å². The second-order valence-electron chi connectivity index (χ2n) is 5.93. The van der Waals surface area contributed by atoms with Crippen LogP contribution in [-0.4, -0.2) is 33.7 Å². The first-order valence-corrected chi connectivity index (χ1v) is 6.13. The minimum absolute atomic E-state index is 0.0206. The quantitative estimate of drug-likeness (QED) is 0.873. The van der Waals surface area contributed by atoms with Crippen molar-refractivity contribution in [2.24, 2.45) is 12.5 Å². The van der Waals surface area contributed by atoms with Gasteiger partial charge in [-0.1, -0.05) is 20.8 Å². The third-order valence-electron chi connectivity index (χ3n) is 3.63. The van der Waals surface area contributed by atoms with Crippen LogP contribution in [0, 0.1) is 12.3 Å². The van der Waals surface area contributed by atoms with Crippen molar-refractivity contribution in [3.8, 4) is 0 Å². The van der Waals surface area contributed by atoms with Crippen LogP contribution in [0.2, 0.25) is 0 Å². The lowest BCUT2D eigenvalue weighted by molar-refractivity contribution is 0.0619. The molecule has 5 heteroatoms. The number of aryl methyl sites for hydroxylation is 2. The average Bonchev–Trinajstić information content (AvgIpc) is 2.49. The highest BCUT2D eigenvalue weighted by atomic mass is 16.2. The molecule has 1 aromatic heterocycles. The lowest BCUT2D eigenvalue weighted by Crippen LogP contribution is -2.43. The molecule has 1 amide bonds. The number of carbonyl (C=O) groups excluding carboxylic acids is 1. The number of nitrogens with two attached hydrogens (primary N) is 1. The number of aromatic nitrogens is 2. The summed E-state index contributed by atoms with van der Waals surface area (Å²) in [5, 5.41) is 4.18. The van der Waals surface area contributed by atoms with E-state index in [1.165, 1.54) is 0 Å². The first kappa shape index (κ1) is 14.5. The zero-order valence-corrected chi connectivity index (χ0v) is 12.4. The minimum Gasteiger partial charge on any atom is -0.395 e. The van der Waals surface area contributed by atoms with Gasteiger partial charge in [0.25, 0.3) is 5.91 Å². The third kappa shape index (κ3) is 2.49. The number of rotatable bonds is 2. The Hall–Kier alpha value is -1.52. The van der Waals surface area contributed by atoms with Crippen LogP contribution < -0.4 is 5.73 Å². The summed E-state index contributed by atoms with van der Waals surface area (Å²) in [6.45, 7) is 10.2. The molecule has 0 aliphatic rings. The fourth-order valence-electron chi connectivity index (χ4n) is 1.85. The van der Waals surface area contributed by atoms with Crippen molar-refractivity contribution >= 4 is 11.6 Å². The third-order valence-corrected chi connectivity index (χ3v) is 3.63. The number of hydrogen-bond donors (Lipinski definition) is 1. The van der Waals surface area contributed by atoms with E-state index in [4.69, 9.17) is 5.73 Å². The van der Waals surface area contributed by atoms with Crippen LogP contribution in [0.1, 0.15) is 43.9 Å². The molecule has 0 bridgehead atoms. The maximum Gasteiger partial charge on any atom is 0.274 e. The van der Waals surface area contributed by atoms with E-state index >= 15 is 0 Å². The van der Waals surface area contributed by atoms with E-state index in [1.54, 1.807) is 30.6 Å². The van der Waals surface area contributed by atoms with Gasteiger partial charge in [-0.05, 0) is 19.3 Å². The van der Waals surface area contributed by atoms with Crippen LogP contribution in [0.5, 0.6) is 0 Å². The molecule has 1 atom stereocenters. The van der Waals surface area contributed by atoms with Crippen molar-refractivity contribution in [3.05, 3.63) is 11.4 Å². The van der Waals surface area contributed by atoms with Gasteiger partial charge in [-0.2, -0.15) is 5.10 Å². The Kier molecular flexibility index (Phi) is 3.74. The van der Waals surface area contributed by atoms with Gasteiger partial charge in [0.05, 0.1) is 11.4 Å². The van der Waals surface area contributed by atoms with Gasteiger partial charge in [0.1, 0.15) is 5.69 Å². The van der Waals surface area contributed by atoms with Gasteiger partial charge < -0.3 is 10.6 Å². The highest BCUT2D eigenvalue weighted by molar-refractivity contribution is 5.98. The fraction of sp³-hybridized carbons (Fsp3) is 0.692. The van der Waals surface area contributed by atoms with Crippen molar-refractivity contribution in [1.82, 2.24) is 14.7 Å². The van der Waals surface area contributed by atoms with E-state index in [2.05, 4.69) is 25.9 Å². The van der Waals surface area contributed by atoms with E-state index < -0.39 is 0 Å². The Morgan fingerprint density at radius 1 is 1.44 bits per heavy atom. The summed E-state index contributed by atoms with van der Waals surface area (Å²) in [4.78, 5) is 14.2. The molecule has 0 saturated carbocycles. The second kappa shape index (κ2) is 4.63. The molecule has 18 heavy (non-hydrogen) atoms. The molecular weight excluding hydrogens is 228 g/mol. The van der Waals surface area contributed by atoms with Crippen LogP contribution in [0.3, 0.4) is 0 Å². The lowest BCUT2D eigenvalue weighted by atomic mass is 9.87. The van der Waals surface area contributed by atoms with Gasteiger partial charge in [0.2, 0.25) is 0 Å². The van der Waals surface area contributed by atoms with E-state index in [0.717, 1.165) is 0 Å². The first-order chi connectivity index (χ1) is 8.07. The molecule has 0 spiro atoms. The molecule has 1 heterocycles. The Labute approximate surface area is 109 Å². The predicted octanol–water partition coefficient (Wildman–Crippen LogP) is 1.82. The summed E-state index contributed by atoms with van der Waals surface area (Å²) in [6, 6.07) is 0.111. The molecule has 2 N–H and O–H groups in total.